The van der Waals surface area contributed by atoms with Crippen LogP contribution in [0.2, 0.25) is 0 Å². The van der Waals surface area contributed by atoms with Crippen LogP contribution in [0.3, 0.4) is 0 Å². The molecule has 0 aromatic heterocycles. The quantitative estimate of drug-likeness (QED) is 0.320. The molecule has 1 aliphatic carbocycles. The van der Waals surface area contributed by atoms with Crippen molar-refractivity contribution in [2.75, 3.05) is 38.9 Å². The maximum atomic E-state index is 13.5. The summed E-state index contributed by atoms with van der Waals surface area (Å²) in [6.07, 6.45) is 8.34. The molecule has 1 amide bonds. The molecule has 2 fully saturated rings. The molecule has 1 saturated carbocycles. The van der Waals surface area contributed by atoms with Crippen molar-refractivity contribution in [1.29, 1.82) is 0 Å². The molecule has 9 nitrogen and oxygen atoms in total. The third-order valence-electron chi connectivity index (χ3n) is 8.67. The largest absolute Gasteiger partial charge is 0.480 e. The minimum absolute atomic E-state index is 0.155. The van der Waals surface area contributed by atoms with Crippen molar-refractivity contribution in [3.63, 3.8) is 0 Å². The van der Waals surface area contributed by atoms with Gasteiger partial charge in [-0.15, -0.1) is 0 Å². The third-order valence-corrected chi connectivity index (χ3v) is 9.65. The van der Waals surface area contributed by atoms with Gasteiger partial charge < -0.3 is 19.9 Å². The number of amides is 1. The molecule has 1 saturated heterocycles. The van der Waals surface area contributed by atoms with Crippen LogP contribution in [0.5, 0.6) is 0 Å². The highest BCUT2D eigenvalue weighted by Gasteiger charge is 2.33. The SMILES string of the molecule is COC[C@@H]1C[C@H](OCC2CCCCC2)CN1Cc1ccc(C(=O)N[C@@H](CCS(C)(=O)=O)C(=O)O)c(-c2ccccc2C)c1. The molecule has 0 unspecified atom stereocenters. The first-order valence-electron chi connectivity index (χ1n) is 15.3. The molecule has 43 heavy (non-hydrogen) atoms. The molecule has 0 bridgehead atoms. The number of carbonyl (C=O) groups excluding carboxylic acids is 1. The van der Waals surface area contributed by atoms with Gasteiger partial charge in [-0.1, -0.05) is 49.6 Å². The molecule has 1 heterocycles. The molecule has 2 aromatic carbocycles. The van der Waals surface area contributed by atoms with Crippen LogP contribution < -0.4 is 5.32 Å². The van der Waals surface area contributed by atoms with E-state index in [9.17, 15) is 23.1 Å². The van der Waals surface area contributed by atoms with Gasteiger partial charge in [0.05, 0.1) is 18.5 Å². The van der Waals surface area contributed by atoms with Gasteiger partial charge in [0.1, 0.15) is 15.9 Å². The lowest BCUT2D eigenvalue weighted by molar-refractivity contribution is -0.139. The van der Waals surface area contributed by atoms with E-state index in [1.54, 1.807) is 13.2 Å². The summed E-state index contributed by atoms with van der Waals surface area (Å²) in [4.78, 5) is 27.7. The van der Waals surface area contributed by atoms with E-state index in [-0.39, 0.29) is 24.3 Å². The summed E-state index contributed by atoms with van der Waals surface area (Å²) < 4.78 is 35.2. The van der Waals surface area contributed by atoms with Crippen LogP contribution >= 0.6 is 0 Å². The molecule has 236 valence electrons. The number of likely N-dealkylation sites (tertiary alicyclic amines) is 1. The number of hydrogen-bond donors (Lipinski definition) is 2. The van der Waals surface area contributed by atoms with Crippen LogP contribution in [0.1, 0.15) is 66.4 Å². The Hall–Kier alpha value is -2.79. The van der Waals surface area contributed by atoms with Crippen molar-refractivity contribution in [1.82, 2.24) is 10.2 Å². The van der Waals surface area contributed by atoms with Gasteiger partial charge >= 0.3 is 5.97 Å². The average Bonchev–Trinajstić information content (AvgIpc) is 3.35. The molecule has 1 aliphatic heterocycles. The summed E-state index contributed by atoms with van der Waals surface area (Å²) in [7, 11) is -1.67. The van der Waals surface area contributed by atoms with E-state index in [2.05, 4.69) is 10.2 Å². The van der Waals surface area contributed by atoms with Crippen molar-refractivity contribution in [2.24, 2.45) is 5.92 Å². The summed E-state index contributed by atoms with van der Waals surface area (Å²) in [6.45, 7) is 4.87. The van der Waals surface area contributed by atoms with E-state index < -0.39 is 27.8 Å². The predicted octanol–water partition coefficient (Wildman–Crippen LogP) is 4.47. The number of aliphatic carboxylic acids is 1. The van der Waals surface area contributed by atoms with Gasteiger partial charge in [0, 0.05) is 44.7 Å². The number of rotatable bonds is 14. The van der Waals surface area contributed by atoms with E-state index in [1.165, 1.54) is 32.1 Å². The van der Waals surface area contributed by atoms with Crippen molar-refractivity contribution in [2.45, 2.75) is 76.6 Å². The Kier molecular flexibility index (Phi) is 11.8. The Bertz CT molecular complexity index is 1360. The maximum Gasteiger partial charge on any atom is 0.326 e. The summed E-state index contributed by atoms with van der Waals surface area (Å²) in [5, 5.41) is 12.2. The fourth-order valence-electron chi connectivity index (χ4n) is 6.29. The van der Waals surface area contributed by atoms with E-state index >= 15 is 0 Å². The van der Waals surface area contributed by atoms with Gasteiger partial charge in [0.25, 0.3) is 5.91 Å². The smallest absolute Gasteiger partial charge is 0.326 e. The lowest BCUT2D eigenvalue weighted by atomic mass is 9.90. The standard InChI is InChI=1S/C33H46N2O7S/c1-23-9-7-8-12-28(23)30-17-25(13-14-29(30)32(36)34-31(33(37)38)15-16-43(3,39)40)19-35-20-27(18-26(35)22-41-2)42-21-24-10-5-4-6-11-24/h7-9,12-14,17,24,26-27,31H,4-6,10-11,15-16,18-22H2,1-3H3,(H,34,36)(H,37,38)/t26-,27-,31-/m0/s1. The Morgan fingerprint density at radius 2 is 1.81 bits per heavy atom. The molecular weight excluding hydrogens is 568 g/mol. The monoisotopic (exact) mass is 614 g/mol. The van der Waals surface area contributed by atoms with Gasteiger partial charge in [-0.25, -0.2) is 13.2 Å². The number of carbonyl (C=O) groups is 2. The van der Waals surface area contributed by atoms with E-state index in [1.807, 2.05) is 43.3 Å². The first-order valence-corrected chi connectivity index (χ1v) is 17.3. The van der Waals surface area contributed by atoms with Crippen LogP contribution in [0.4, 0.5) is 0 Å². The summed E-state index contributed by atoms with van der Waals surface area (Å²) in [6, 6.07) is 12.3. The Morgan fingerprint density at radius 3 is 2.49 bits per heavy atom. The van der Waals surface area contributed by atoms with Crippen molar-refractivity contribution in [3.8, 4) is 11.1 Å². The van der Waals surface area contributed by atoms with Crippen molar-refractivity contribution >= 4 is 21.7 Å². The third kappa shape index (κ3) is 9.60. The number of nitrogens with zero attached hydrogens (tertiary/aromatic N) is 1. The highest BCUT2D eigenvalue weighted by molar-refractivity contribution is 7.90. The number of carboxylic acids is 1. The van der Waals surface area contributed by atoms with Crippen LogP contribution in [0.25, 0.3) is 11.1 Å². The van der Waals surface area contributed by atoms with E-state index in [4.69, 9.17) is 9.47 Å². The van der Waals surface area contributed by atoms with Gasteiger partial charge in [-0.3, -0.25) is 9.69 Å². The van der Waals surface area contributed by atoms with Crippen LogP contribution in [0.15, 0.2) is 42.5 Å². The topological polar surface area (TPSA) is 122 Å². The minimum atomic E-state index is -3.39. The molecule has 4 rings (SSSR count). The van der Waals surface area contributed by atoms with Gasteiger partial charge in [-0.2, -0.15) is 0 Å². The van der Waals surface area contributed by atoms with Gasteiger partial charge in [0.2, 0.25) is 0 Å². The highest BCUT2D eigenvalue weighted by atomic mass is 32.2. The number of ether oxygens (including phenoxy) is 2. The summed E-state index contributed by atoms with van der Waals surface area (Å²) in [5.41, 5.74) is 3.92. The number of hydrogen-bond acceptors (Lipinski definition) is 7. The minimum Gasteiger partial charge on any atom is -0.480 e. The Morgan fingerprint density at radius 1 is 1.07 bits per heavy atom. The van der Waals surface area contributed by atoms with Crippen LogP contribution in [0, 0.1) is 12.8 Å². The fraction of sp³-hybridized carbons (Fsp3) is 0.576. The first kappa shape index (κ1) is 33.1. The van der Waals surface area contributed by atoms with E-state index in [0.717, 1.165) is 42.5 Å². The number of benzene rings is 2. The second-order valence-corrected chi connectivity index (χ2v) is 14.5. The molecule has 0 spiro atoms. The van der Waals surface area contributed by atoms with E-state index in [0.29, 0.717) is 30.2 Å². The summed E-state index contributed by atoms with van der Waals surface area (Å²) >= 11 is 0. The zero-order valence-corrected chi connectivity index (χ0v) is 26.4. The number of methoxy groups -OCH3 is 1. The zero-order chi connectivity index (χ0) is 31.0. The molecule has 0 radical (unpaired) electrons. The number of aryl methyl sites for hydroxylation is 1. The van der Waals surface area contributed by atoms with Crippen molar-refractivity contribution in [3.05, 3.63) is 59.2 Å². The zero-order valence-electron chi connectivity index (χ0n) is 25.6. The lowest BCUT2D eigenvalue weighted by Crippen LogP contribution is -2.42. The fourth-order valence-corrected chi connectivity index (χ4v) is 6.95. The van der Waals surface area contributed by atoms with Crippen LogP contribution in [-0.2, 0) is 30.7 Å². The van der Waals surface area contributed by atoms with Gasteiger partial charge in [0.15, 0.2) is 0 Å². The predicted molar refractivity (Wildman–Crippen MR) is 167 cm³/mol. The number of nitrogens with one attached hydrogen (secondary N) is 1. The maximum absolute atomic E-state index is 13.5. The Balaban J connectivity index is 1.54. The average molecular weight is 615 g/mol. The summed E-state index contributed by atoms with van der Waals surface area (Å²) in [5.74, 6) is -1.51. The molecule has 2 N–H and O–H groups in total. The normalized spacial score (nSPS) is 20.6. The molecule has 3 atom stereocenters. The highest BCUT2D eigenvalue weighted by Crippen LogP contribution is 2.31. The number of carboxylic acid groups (broad SMARTS) is 1. The molecule has 10 heteroatoms. The van der Waals surface area contributed by atoms with Crippen molar-refractivity contribution < 1.29 is 32.6 Å². The lowest BCUT2D eigenvalue weighted by Gasteiger charge is -2.25. The molecular formula is C33H46N2O7S. The molecule has 2 aromatic rings. The number of sulfone groups is 1. The second-order valence-electron chi connectivity index (χ2n) is 12.2. The second kappa shape index (κ2) is 15.3. The Labute approximate surface area is 255 Å². The van der Waals surface area contributed by atoms with Crippen LogP contribution in [-0.4, -0.2) is 87.4 Å². The first-order chi connectivity index (χ1) is 20.5. The molecule has 2 aliphatic rings. The van der Waals surface area contributed by atoms with Gasteiger partial charge in [-0.05, 0) is 72.9 Å².